The highest BCUT2D eigenvalue weighted by atomic mass is 35.5. The highest BCUT2D eigenvalue weighted by Crippen LogP contribution is 2.38. The van der Waals surface area contributed by atoms with Gasteiger partial charge in [-0.1, -0.05) is 60.5 Å². The molecule has 0 spiro atoms. The van der Waals surface area contributed by atoms with Gasteiger partial charge in [-0.2, -0.15) is 0 Å². The van der Waals surface area contributed by atoms with E-state index in [-0.39, 0.29) is 0 Å². The molecule has 0 aliphatic carbocycles. The quantitative estimate of drug-likeness (QED) is 0.678. The Hall–Kier alpha value is -1.57. The van der Waals surface area contributed by atoms with Crippen molar-refractivity contribution in [1.29, 1.82) is 0 Å². The Labute approximate surface area is 149 Å². The number of fused-ring (bicyclic) bond motifs is 2. The summed E-state index contributed by atoms with van der Waals surface area (Å²) in [6, 6.07) is 18.5. The fourth-order valence-electron chi connectivity index (χ4n) is 4.29. The predicted molar refractivity (Wildman–Crippen MR) is 102 cm³/mol. The van der Waals surface area contributed by atoms with Gasteiger partial charge in [-0.3, -0.25) is 4.90 Å². The van der Waals surface area contributed by atoms with Gasteiger partial charge in [-0.05, 0) is 60.6 Å². The average molecular weight is 338 g/mol. The van der Waals surface area contributed by atoms with Crippen molar-refractivity contribution in [1.82, 2.24) is 4.90 Å². The van der Waals surface area contributed by atoms with Crippen molar-refractivity contribution in [2.24, 2.45) is 0 Å². The number of benzene rings is 2. The molecule has 0 aromatic heterocycles. The van der Waals surface area contributed by atoms with E-state index in [0.717, 1.165) is 18.0 Å². The second kappa shape index (κ2) is 6.74. The van der Waals surface area contributed by atoms with E-state index in [1.54, 1.807) is 0 Å². The molecule has 2 aromatic carbocycles. The van der Waals surface area contributed by atoms with E-state index in [9.17, 15) is 0 Å². The predicted octanol–water partition coefficient (Wildman–Crippen LogP) is 5.86. The summed E-state index contributed by atoms with van der Waals surface area (Å²) in [5.41, 5.74) is 5.47. The first-order chi connectivity index (χ1) is 11.7. The van der Waals surface area contributed by atoms with Crippen LogP contribution in [0.1, 0.15) is 42.4 Å². The Morgan fingerprint density at radius 2 is 1.92 bits per heavy atom. The van der Waals surface area contributed by atoms with E-state index in [0.29, 0.717) is 12.1 Å². The molecule has 4 rings (SSSR count). The standard InChI is InChI=1S/C22H24ClN/c1-16-10-18(12-20(23)11-16)19-13-21-8-5-9-22(14-19)24(21)15-17-6-3-2-4-7-17/h2-4,6-7,10-13,21-22H,5,8-9,14-15H2,1H3. The third-order valence-corrected chi connectivity index (χ3v) is 5.62. The maximum Gasteiger partial charge on any atom is 0.0414 e. The Kier molecular flexibility index (Phi) is 4.47. The first kappa shape index (κ1) is 15.9. The Morgan fingerprint density at radius 3 is 2.67 bits per heavy atom. The summed E-state index contributed by atoms with van der Waals surface area (Å²) < 4.78 is 0. The molecule has 0 N–H and O–H groups in total. The lowest BCUT2D eigenvalue weighted by molar-refractivity contribution is 0.0951. The molecular weight excluding hydrogens is 314 g/mol. The zero-order valence-electron chi connectivity index (χ0n) is 14.2. The van der Waals surface area contributed by atoms with Crippen LogP contribution in [0, 0.1) is 6.92 Å². The molecular formula is C22H24ClN. The largest absolute Gasteiger partial charge is 0.289 e. The first-order valence-electron chi connectivity index (χ1n) is 8.97. The second-order valence-corrected chi connectivity index (χ2v) is 7.66. The minimum absolute atomic E-state index is 0.562. The van der Waals surface area contributed by atoms with Crippen LogP contribution < -0.4 is 0 Å². The molecule has 2 heterocycles. The van der Waals surface area contributed by atoms with Gasteiger partial charge in [0.2, 0.25) is 0 Å². The minimum Gasteiger partial charge on any atom is -0.289 e. The smallest absolute Gasteiger partial charge is 0.0414 e. The summed E-state index contributed by atoms with van der Waals surface area (Å²) in [5, 5.41) is 0.850. The molecule has 0 saturated carbocycles. The molecule has 0 amide bonds. The maximum atomic E-state index is 6.29. The SMILES string of the molecule is Cc1cc(Cl)cc(C2=CC3CCCC(C2)N3Cc2ccccc2)c1. The lowest BCUT2D eigenvalue weighted by Crippen LogP contribution is -2.47. The van der Waals surface area contributed by atoms with Crippen LogP contribution in [0.3, 0.4) is 0 Å². The van der Waals surface area contributed by atoms with Crippen molar-refractivity contribution < 1.29 is 0 Å². The van der Waals surface area contributed by atoms with Crippen molar-refractivity contribution in [3.05, 3.63) is 76.3 Å². The molecule has 2 heteroatoms. The van der Waals surface area contributed by atoms with Crippen molar-refractivity contribution in [3.8, 4) is 0 Å². The van der Waals surface area contributed by atoms with Gasteiger partial charge in [0.05, 0.1) is 0 Å². The van der Waals surface area contributed by atoms with Crippen molar-refractivity contribution in [3.63, 3.8) is 0 Å². The summed E-state index contributed by atoms with van der Waals surface area (Å²) >= 11 is 6.29. The van der Waals surface area contributed by atoms with Crippen LogP contribution in [-0.2, 0) is 6.54 Å². The topological polar surface area (TPSA) is 3.24 Å². The van der Waals surface area contributed by atoms with Crippen LogP contribution in [0.4, 0.5) is 0 Å². The summed E-state index contributed by atoms with van der Waals surface area (Å²) in [6.07, 6.45) is 7.57. The summed E-state index contributed by atoms with van der Waals surface area (Å²) in [4.78, 5) is 2.71. The molecule has 1 nitrogen and oxygen atoms in total. The van der Waals surface area contributed by atoms with Crippen LogP contribution in [0.2, 0.25) is 5.02 Å². The molecule has 2 unspecified atom stereocenters. The highest BCUT2D eigenvalue weighted by molar-refractivity contribution is 6.30. The molecule has 2 bridgehead atoms. The molecule has 24 heavy (non-hydrogen) atoms. The van der Waals surface area contributed by atoms with E-state index in [2.05, 4.69) is 60.4 Å². The van der Waals surface area contributed by atoms with Crippen molar-refractivity contribution in [2.45, 2.75) is 51.2 Å². The van der Waals surface area contributed by atoms with E-state index < -0.39 is 0 Å². The third kappa shape index (κ3) is 3.29. The van der Waals surface area contributed by atoms with Gasteiger partial charge in [0.25, 0.3) is 0 Å². The lowest BCUT2D eigenvalue weighted by Gasteiger charge is -2.45. The molecule has 1 saturated heterocycles. The van der Waals surface area contributed by atoms with Crippen molar-refractivity contribution >= 4 is 17.2 Å². The van der Waals surface area contributed by atoms with Gasteiger partial charge in [0.1, 0.15) is 0 Å². The fourth-order valence-corrected chi connectivity index (χ4v) is 4.58. The molecule has 124 valence electrons. The van der Waals surface area contributed by atoms with E-state index in [1.807, 2.05) is 6.07 Å². The molecule has 0 radical (unpaired) electrons. The normalized spacial score (nSPS) is 23.8. The number of piperidine rings is 1. The van der Waals surface area contributed by atoms with E-state index in [4.69, 9.17) is 11.6 Å². The zero-order valence-corrected chi connectivity index (χ0v) is 15.0. The van der Waals surface area contributed by atoms with Gasteiger partial charge in [-0.25, -0.2) is 0 Å². The van der Waals surface area contributed by atoms with Crippen LogP contribution >= 0.6 is 11.6 Å². The first-order valence-corrected chi connectivity index (χ1v) is 9.35. The Morgan fingerprint density at radius 1 is 1.08 bits per heavy atom. The van der Waals surface area contributed by atoms with Gasteiger partial charge in [0, 0.05) is 23.7 Å². The van der Waals surface area contributed by atoms with E-state index in [1.165, 1.54) is 41.5 Å². The second-order valence-electron chi connectivity index (χ2n) is 7.22. The van der Waals surface area contributed by atoms with Crippen LogP contribution in [-0.4, -0.2) is 17.0 Å². The van der Waals surface area contributed by atoms with Crippen molar-refractivity contribution in [2.75, 3.05) is 0 Å². The Bertz CT molecular complexity index is 730. The number of hydrogen-bond acceptors (Lipinski definition) is 1. The number of rotatable bonds is 3. The number of halogens is 1. The van der Waals surface area contributed by atoms with E-state index >= 15 is 0 Å². The maximum absolute atomic E-state index is 6.29. The summed E-state index contributed by atoms with van der Waals surface area (Å²) in [6.45, 7) is 3.19. The van der Waals surface area contributed by atoms with Gasteiger partial charge in [-0.15, -0.1) is 0 Å². The number of aryl methyl sites for hydroxylation is 1. The fraction of sp³-hybridized carbons (Fsp3) is 0.364. The van der Waals surface area contributed by atoms with Crippen LogP contribution in [0.5, 0.6) is 0 Å². The zero-order chi connectivity index (χ0) is 16.5. The van der Waals surface area contributed by atoms with Crippen LogP contribution in [0.15, 0.2) is 54.6 Å². The summed E-state index contributed by atoms with van der Waals surface area (Å²) in [5.74, 6) is 0. The number of nitrogens with zero attached hydrogens (tertiary/aromatic N) is 1. The highest BCUT2D eigenvalue weighted by Gasteiger charge is 2.34. The third-order valence-electron chi connectivity index (χ3n) is 5.40. The minimum atomic E-state index is 0.562. The molecule has 1 fully saturated rings. The average Bonchev–Trinajstić information content (AvgIpc) is 2.54. The lowest BCUT2D eigenvalue weighted by atomic mass is 9.82. The molecule has 2 aliphatic heterocycles. The number of hydrogen-bond donors (Lipinski definition) is 0. The van der Waals surface area contributed by atoms with Gasteiger partial charge < -0.3 is 0 Å². The summed E-state index contributed by atoms with van der Waals surface area (Å²) in [7, 11) is 0. The Balaban J connectivity index is 1.62. The van der Waals surface area contributed by atoms with Gasteiger partial charge in [0.15, 0.2) is 0 Å². The monoisotopic (exact) mass is 337 g/mol. The van der Waals surface area contributed by atoms with Crippen LogP contribution in [0.25, 0.3) is 5.57 Å². The molecule has 2 aromatic rings. The molecule has 2 aliphatic rings. The molecule has 2 atom stereocenters. The van der Waals surface area contributed by atoms with Gasteiger partial charge >= 0.3 is 0 Å².